The topological polar surface area (TPSA) is 26.3 Å². The van der Waals surface area contributed by atoms with Crippen LogP contribution in [0, 0.1) is 12.3 Å². The largest absolute Gasteiger partial charge is 0.370 e. The summed E-state index contributed by atoms with van der Waals surface area (Å²) in [6.45, 7) is 6.51. The maximum atomic E-state index is 12.8. The maximum Gasteiger partial charge on any atom is 0.169 e. The lowest BCUT2D eigenvalue weighted by Crippen LogP contribution is -2.46. The second kappa shape index (κ2) is 6.10. The number of aryl methyl sites for hydroxylation is 1. The minimum atomic E-state index is -0.621. The molecule has 3 heteroatoms. The number of methoxy groups -OCH3 is 1. The molecule has 1 aliphatic rings. The Hall–Kier alpha value is -0.860. The zero-order valence-electron chi connectivity index (χ0n) is 13.5. The second-order valence-electron chi connectivity index (χ2n) is 7.06. The minimum absolute atomic E-state index is 0.159. The van der Waals surface area contributed by atoms with E-state index in [-0.39, 0.29) is 5.78 Å². The third-order valence-corrected chi connectivity index (χ3v) is 5.22. The molecule has 2 rings (SSSR count). The fraction of sp³-hybridized carbons (Fsp3) is 0.611. The molecule has 0 amide bonds. The molecule has 2 nitrogen and oxygen atoms in total. The Labute approximate surface area is 132 Å². The second-order valence-corrected chi connectivity index (χ2v) is 7.46. The maximum absolute atomic E-state index is 12.8. The van der Waals surface area contributed by atoms with Gasteiger partial charge in [-0.3, -0.25) is 4.79 Å². The van der Waals surface area contributed by atoms with Crippen molar-refractivity contribution in [2.45, 2.75) is 58.5 Å². The number of rotatable bonds is 4. The van der Waals surface area contributed by atoms with Crippen molar-refractivity contribution >= 4 is 17.4 Å². The molecule has 0 atom stereocenters. The first-order chi connectivity index (χ1) is 9.78. The standard InChI is InChI=1S/C18H25ClO2/c1-13-5-6-14(15(19)11-13)12-16(20)18(21-4)9-7-17(2,3)8-10-18/h5-6,11H,7-10,12H2,1-4H3. The Morgan fingerprint density at radius 3 is 2.38 bits per heavy atom. The van der Waals surface area contributed by atoms with Crippen molar-refractivity contribution < 1.29 is 9.53 Å². The number of carbonyl (C=O) groups excluding carboxylic acids is 1. The van der Waals surface area contributed by atoms with E-state index in [1.54, 1.807) is 7.11 Å². The van der Waals surface area contributed by atoms with Crippen LogP contribution in [0.15, 0.2) is 18.2 Å². The van der Waals surface area contributed by atoms with E-state index >= 15 is 0 Å². The lowest BCUT2D eigenvalue weighted by molar-refractivity contribution is -0.147. The molecule has 1 fully saturated rings. The summed E-state index contributed by atoms with van der Waals surface area (Å²) in [6.07, 6.45) is 4.01. The normalized spacial score (nSPS) is 20.2. The molecule has 21 heavy (non-hydrogen) atoms. The van der Waals surface area contributed by atoms with Gasteiger partial charge in [0.05, 0.1) is 0 Å². The molecule has 116 valence electrons. The number of halogens is 1. The lowest BCUT2D eigenvalue weighted by atomic mass is 9.69. The monoisotopic (exact) mass is 308 g/mol. The SMILES string of the molecule is COC1(C(=O)Cc2ccc(C)cc2Cl)CCC(C)(C)CC1. The summed E-state index contributed by atoms with van der Waals surface area (Å²) >= 11 is 6.25. The van der Waals surface area contributed by atoms with E-state index in [1.165, 1.54) is 0 Å². The summed E-state index contributed by atoms with van der Waals surface area (Å²) in [5.41, 5.74) is 1.69. The van der Waals surface area contributed by atoms with Crippen LogP contribution in [0.1, 0.15) is 50.7 Å². The highest BCUT2D eigenvalue weighted by molar-refractivity contribution is 6.31. The molecule has 0 aliphatic heterocycles. The molecular weight excluding hydrogens is 284 g/mol. The number of Topliss-reactive ketones (excluding diaryl/α,β-unsaturated/α-hetero) is 1. The lowest BCUT2D eigenvalue weighted by Gasteiger charge is -2.41. The van der Waals surface area contributed by atoms with Gasteiger partial charge in [-0.2, -0.15) is 0 Å². The van der Waals surface area contributed by atoms with Gasteiger partial charge in [-0.05, 0) is 55.2 Å². The predicted octanol–water partition coefficient (Wildman–Crippen LogP) is 4.75. The molecule has 0 bridgehead atoms. The van der Waals surface area contributed by atoms with Crippen LogP contribution in [0.4, 0.5) is 0 Å². The molecule has 0 unspecified atom stereocenters. The van der Waals surface area contributed by atoms with Gasteiger partial charge in [0.15, 0.2) is 5.78 Å². The first-order valence-electron chi connectivity index (χ1n) is 7.61. The van der Waals surface area contributed by atoms with Gasteiger partial charge in [0.1, 0.15) is 5.60 Å². The smallest absolute Gasteiger partial charge is 0.169 e. The Bertz CT molecular complexity index is 524. The summed E-state index contributed by atoms with van der Waals surface area (Å²) in [4.78, 5) is 12.8. The quantitative estimate of drug-likeness (QED) is 0.802. The van der Waals surface area contributed by atoms with Crippen molar-refractivity contribution in [3.05, 3.63) is 34.3 Å². The Morgan fingerprint density at radius 1 is 1.24 bits per heavy atom. The third-order valence-electron chi connectivity index (χ3n) is 4.87. The highest BCUT2D eigenvalue weighted by Gasteiger charge is 2.43. The van der Waals surface area contributed by atoms with E-state index in [0.29, 0.717) is 16.9 Å². The average Bonchev–Trinajstić information content (AvgIpc) is 2.42. The Morgan fingerprint density at radius 2 is 1.86 bits per heavy atom. The molecule has 1 aliphatic carbocycles. The van der Waals surface area contributed by atoms with E-state index in [2.05, 4.69) is 13.8 Å². The van der Waals surface area contributed by atoms with E-state index in [4.69, 9.17) is 16.3 Å². The van der Waals surface area contributed by atoms with Gasteiger partial charge in [-0.1, -0.05) is 37.6 Å². The van der Waals surface area contributed by atoms with Crippen molar-refractivity contribution in [3.63, 3.8) is 0 Å². The number of hydrogen-bond donors (Lipinski definition) is 0. The zero-order chi connectivity index (χ0) is 15.7. The van der Waals surface area contributed by atoms with Crippen molar-refractivity contribution in [3.8, 4) is 0 Å². The molecule has 0 heterocycles. The number of carbonyl (C=O) groups is 1. The van der Waals surface area contributed by atoms with Gasteiger partial charge in [0.2, 0.25) is 0 Å². The number of ketones is 1. The molecule has 1 aromatic rings. The van der Waals surface area contributed by atoms with Gasteiger partial charge in [-0.25, -0.2) is 0 Å². The summed E-state index contributed by atoms with van der Waals surface area (Å²) in [5.74, 6) is 0.159. The predicted molar refractivity (Wildman–Crippen MR) is 86.9 cm³/mol. The molecule has 0 radical (unpaired) electrons. The molecule has 0 saturated heterocycles. The summed E-state index contributed by atoms with van der Waals surface area (Å²) in [7, 11) is 1.66. The van der Waals surface area contributed by atoms with Crippen LogP contribution in [-0.2, 0) is 16.0 Å². The van der Waals surface area contributed by atoms with E-state index in [9.17, 15) is 4.79 Å². The molecular formula is C18H25ClO2. The van der Waals surface area contributed by atoms with Crippen LogP contribution < -0.4 is 0 Å². The first-order valence-corrected chi connectivity index (χ1v) is 7.99. The minimum Gasteiger partial charge on any atom is -0.370 e. The van der Waals surface area contributed by atoms with Crippen molar-refractivity contribution in [1.29, 1.82) is 0 Å². The number of ether oxygens (including phenoxy) is 1. The van der Waals surface area contributed by atoms with Gasteiger partial charge in [0.25, 0.3) is 0 Å². The third kappa shape index (κ3) is 3.67. The van der Waals surface area contributed by atoms with Crippen LogP contribution in [0.5, 0.6) is 0 Å². The van der Waals surface area contributed by atoms with Crippen molar-refractivity contribution in [2.24, 2.45) is 5.41 Å². The summed E-state index contributed by atoms with van der Waals surface area (Å²) in [6, 6.07) is 5.86. The molecule has 0 spiro atoms. The highest BCUT2D eigenvalue weighted by atomic mass is 35.5. The zero-order valence-corrected chi connectivity index (χ0v) is 14.2. The fourth-order valence-electron chi connectivity index (χ4n) is 3.06. The van der Waals surface area contributed by atoms with Gasteiger partial charge >= 0.3 is 0 Å². The molecule has 0 N–H and O–H groups in total. The van der Waals surface area contributed by atoms with Crippen LogP contribution in [-0.4, -0.2) is 18.5 Å². The Kier molecular flexibility index (Phi) is 4.79. The molecule has 0 aromatic heterocycles. The van der Waals surface area contributed by atoms with Crippen LogP contribution in [0.2, 0.25) is 5.02 Å². The van der Waals surface area contributed by atoms with Crippen molar-refractivity contribution in [1.82, 2.24) is 0 Å². The van der Waals surface area contributed by atoms with E-state index < -0.39 is 5.60 Å². The number of benzene rings is 1. The Balaban J connectivity index is 2.14. The average molecular weight is 309 g/mol. The summed E-state index contributed by atoms with van der Waals surface area (Å²) < 4.78 is 5.68. The fourth-order valence-corrected chi connectivity index (χ4v) is 3.36. The van der Waals surface area contributed by atoms with Gasteiger partial charge < -0.3 is 4.74 Å². The van der Waals surface area contributed by atoms with Crippen LogP contribution in [0.3, 0.4) is 0 Å². The first kappa shape index (κ1) is 16.5. The van der Waals surface area contributed by atoms with E-state index in [1.807, 2.05) is 25.1 Å². The van der Waals surface area contributed by atoms with Crippen molar-refractivity contribution in [2.75, 3.05) is 7.11 Å². The molecule has 1 saturated carbocycles. The molecule has 1 aromatic carbocycles. The highest BCUT2D eigenvalue weighted by Crippen LogP contribution is 2.42. The van der Waals surface area contributed by atoms with Gasteiger partial charge in [-0.15, -0.1) is 0 Å². The van der Waals surface area contributed by atoms with E-state index in [0.717, 1.165) is 36.8 Å². The van der Waals surface area contributed by atoms with Gasteiger partial charge in [0, 0.05) is 18.6 Å². The van der Waals surface area contributed by atoms with Crippen LogP contribution in [0.25, 0.3) is 0 Å². The van der Waals surface area contributed by atoms with Crippen LogP contribution >= 0.6 is 11.6 Å². The summed E-state index contributed by atoms with van der Waals surface area (Å²) in [5, 5.41) is 0.672. The number of hydrogen-bond acceptors (Lipinski definition) is 2.